The minimum atomic E-state index is 0.595. The van der Waals surface area contributed by atoms with Crippen LogP contribution < -0.4 is 4.74 Å². The van der Waals surface area contributed by atoms with Crippen LogP contribution in [0.5, 0.6) is 5.19 Å². The van der Waals surface area contributed by atoms with Crippen LogP contribution in [0.1, 0.15) is 11.9 Å². The number of hydrogen-bond donors (Lipinski definition) is 0. The Kier molecular flexibility index (Phi) is 3.56. The van der Waals surface area contributed by atoms with Crippen LogP contribution in [-0.2, 0) is 5.75 Å². The third kappa shape index (κ3) is 2.82. The number of nitrogens with zero attached hydrogens (tertiary/aromatic N) is 6. The van der Waals surface area contributed by atoms with Crippen molar-refractivity contribution in [2.45, 2.75) is 17.8 Å². The van der Waals surface area contributed by atoms with Crippen molar-refractivity contribution in [3.8, 4) is 5.19 Å². The largest absolute Gasteiger partial charge is 0.469 e. The smallest absolute Gasteiger partial charge is 0.294 e. The third-order valence-electron chi connectivity index (χ3n) is 2.14. The zero-order valence-electron chi connectivity index (χ0n) is 10.1. The topological polar surface area (TPSA) is 78.1 Å². The molecule has 0 bridgehead atoms. The standard InChI is InChI=1S/C10H10N6OS2/c1-2-17-10-14-13-7(19-10)6-18-9-12-8-11-4-3-5-16(8)15-9/h3-5H,2,6H2,1H3. The fourth-order valence-corrected chi connectivity index (χ4v) is 2.94. The summed E-state index contributed by atoms with van der Waals surface area (Å²) in [7, 11) is 0. The van der Waals surface area contributed by atoms with E-state index in [1.807, 2.05) is 19.2 Å². The molecule has 3 rings (SSSR count). The average molecular weight is 294 g/mol. The number of aromatic nitrogens is 6. The summed E-state index contributed by atoms with van der Waals surface area (Å²) in [5, 5.41) is 14.4. The van der Waals surface area contributed by atoms with E-state index in [1.54, 1.807) is 10.7 Å². The normalized spacial score (nSPS) is 11.0. The van der Waals surface area contributed by atoms with Crippen LogP contribution in [0.15, 0.2) is 23.6 Å². The molecule has 0 aromatic carbocycles. The molecule has 3 heterocycles. The van der Waals surface area contributed by atoms with E-state index in [9.17, 15) is 0 Å². The monoisotopic (exact) mass is 294 g/mol. The maximum Gasteiger partial charge on any atom is 0.294 e. The quantitative estimate of drug-likeness (QED) is 0.662. The second-order valence-electron chi connectivity index (χ2n) is 3.44. The van der Waals surface area contributed by atoms with Gasteiger partial charge in [-0.2, -0.15) is 4.98 Å². The summed E-state index contributed by atoms with van der Waals surface area (Å²) in [6, 6.07) is 1.81. The lowest BCUT2D eigenvalue weighted by Gasteiger charge is -1.92. The first kappa shape index (κ1) is 12.3. The molecule has 0 N–H and O–H groups in total. The molecule has 0 radical (unpaired) electrons. The lowest BCUT2D eigenvalue weighted by Crippen LogP contribution is -1.89. The highest BCUT2D eigenvalue weighted by Crippen LogP contribution is 2.24. The molecule has 3 aromatic heterocycles. The molecule has 0 unspecified atom stereocenters. The Balaban J connectivity index is 1.67. The van der Waals surface area contributed by atoms with Gasteiger partial charge in [-0.25, -0.2) is 9.50 Å². The Morgan fingerprint density at radius 2 is 2.37 bits per heavy atom. The van der Waals surface area contributed by atoms with Crippen molar-refractivity contribution >= 4 is 28.9 Å². The Morgan fingerprint density at radius 1 is 1.42 bits per heavy atom. The van der Waals surface area contributed by atoms with Gasteiger partial charge in [0.25, 0.3) is 11.0 Å². The minimum absolute atomic E-state index is 0.595. The Morgan fingerprint density at radius 3 is 3.21 bits per heavy atom. The molecule has 7 nitrogen and oxygen atoms in total. The molecule has 0 spiro atoms. The molecular formula is C10H10N6OS2. The van der Waals surface area contributed by atoms with Crippen molar-refractivity contribution in [2.24, 2.45) is 0 Å². The summed E-state index contributed by atoms with van der Waals surface area (Å²) in [5.74, 6) is 1.26. The van der Waals surface area contributed by atoms with E-state index in [0.29, 0.717) is 28.5 Å². The van der Waals surface area contributed by atoms with Crippen LogP contribution in [0, 0.1) is 0 Å². The molecule has 0 aliphatic rings. The predicted molar refractivity (Wildman–Crippen MR) is 71.4 cm³/mol. The Labute approximate surface area is 117 Å². The van der Waals surface area contributed by atoms with Crippen molar-refractivity contribution in [1.29, 1.82) is 0 Å². The molecule has 0 aliphatic carbocycles. The van der Waals surface area contributed by atoms with Crippen LogP contribution in [0.25, 0.3) is 5.78 Å². The number of thioether (sulfide) groups is 1. The van der Waals surface area contributed by atoms with Crippen LogP contribution in [-0.4, -0.2) is 36.4 Å². The number of hydrogen-bond acceptors (Lipinski definition) is 8. The molecule has 9 heteroatoms. The molecule has 0 aliphatic heterocycles. The first-order valence-electron chi connectivity index (χ1n) is 5.60. The van der Waals surface area contributed by atoms with E-state index in [0.717, 1.165) is 5.01 Å². The van der Waals surface area contributed by atoms with E-state index in [4.69, 9.17) is 4.74 Å². The molecule has 19 heavy (non-hydrogen) atoms. The van der Waals surface area contributed by atoms with E-state index in [-0.39, 0.29) is 0 Å². The second-order valence-corrected chi connectivity index (χ2v) is 5.41. The molecule has 0 saturated carbocycles. The molecule has 0 amide bonds. The van der Waals surface area contributed by atoms with Gasteiger partial charge in [0.05, 0.1) is 12.4 Å². The predicted octanol–water partition coefficient (Wildman–Crippen LogP) is 1.67. The van der Waals surface area contributed by atoms with Crippen molar-refractivity contribution in [3.05, 3.63) is 23.5 Å². The minimum Gasteiger partial charge on any atom is -0.469 e. The molecular weight excluding hydrogens is 284 g/mol. The third-order valence-corrected chi connectivity index (χ3v) is 4.01. The van der Waals surface area contributed by atoms with Gasteiger partial charge in [-0.1, -0.05) is 23.1 Å². The van der Waals surface area contributed by atoms with Gasteiger partial charge >= 0.3 is 0 Å². The zero-order chi connectivity index (χ0) is 13.1. The summed E-state index contributed by atoms with van der Waals surface area (Å²) >= 11 is 2.94. The van der Waals surface area contributed by atoms with Gasteiger partial charge in [0.15, 0.2) is 0 Å². The van der Waals surface area contributed by atoms with Crippen LogP contribution in [0.4, 0.5) is 0 Å². The van der Waals surface area contributed by atoms with Gasteiger partial charge in [-0.15, -0.1) is 15.3 Å². The van der Waals surface area contributed by atoms with Crippen LogP contribution in [0.2, 0.25) is 0 Å². The van der Waals surface area contributed by atoms with Crippen molar-refractivity contribution in [1.82, 2.24) is 29.8 Å². The maximum atomic E-state index is 5.28. The van der Waals surface area contributed by atoms with E-state index >= 15 is 0 Å². The van der Waals surface area contributed by atoms with Gasteiger partial charge in [0.2, 0.25) is 5.16 Å². The summed E-state index contributed by atoms with van der Waals surface area (Å²) in [6.07, 6.45) is 3.51. The van der Waals surface area contributed by atoms with Crippen LogP contribution >= 0.6 is 23.1 Å². The highest BCUT2D eigenvalue weighted by molar-refractivity contribution is 7.98. The molecule has 3 aromatic rings. The highest BCUT2D eigenvalue weighted by atomic mass is 32.2. The van der Waals surface area contributed by atoms with E-state index < -0.39 is 0 Å². The fourth-order valence-electron chi connectivity index (χ4n) is 1.38. The van der Waals surface area contributed by atoms with Gasteiger partial charge in [0.1, 0.15) is 5.01 Å². The van der Waals surface area contributed by atoms with Gasteiger partial charge in [-0.05, 0) is 13.0 Å². The summed E-state index contributed by atoms with van der Waals surface area (Å²) in [5.41, 5.74) is 0. The summed E-state index contributed by atoms with van der Waals surface area (Å²) in [6.45, 7) is 2.52. The van der Waals surface area contributed by atoms with Crippen molar-refractivity contribution < 1.29 is 4.74 Å². The van der Waals surface area contributed by atoms with Gasteiger partial charge in [0, 0.05) is 12.4 Å². The Hall–Kier alpha value is -1.74. The molecule has 0 atom stereocenters. The molecule has 0 fully saturated rings. The summed E-state index contributed by atoms with van der Waals surface area (Å²) in [4.78, 5) is 8.42. The average Bonchev–Trinajstić information content (AvgIpc) is 3.02. The molecule has 0 saturated heterocycles. The lowest BCUT2D eigenvalue weighted by atomic mass is 10.7. The van der Waals surface area contributed by atoms with Gasteiger partial charge < -0.3 is 4.74 Å². The number of fused-ring (bicyclic) bond motifs is 1. The summed E-state index contributed by atoms with van der Waals surface area (Å²) < 4.78 is 6.92. The van der Waals surface area contributed by atoms with E-state index in [1.165, 1.54) is 23.1 Å². The number of ether oxygens (including phenoxy) is 1. The highest BCUT2D eigenvalue weighted by Gasteiger charge is 2.08. The maximum absolute atomic E-state index is 5.28. The van der Waals surface area contributed by atoms with E-state index in [2.05, 4.69) is 25.3 Å². The number of rotatable bonds is 5. The first-order valence-corrected chi connectivity index (χ1v) is 7.40. The van der Waals surface area contributed by atoms with Gasteiger partial charge in [-0.3, -0.25) is 0 Å². The molecule has 98 valence electrons. The van der Waals surface area contributed by atoms with Crippen LogP contribution in [0.3, 0.4) is 0 Å². The Bertz CT molecular complexity index is 648. The SMILES string of the molecule is CCOc1nnc(CSc2nc3ncccn3n2)s1. The lowest BCUT2D eigenvalue weighted by molar-refractivity contribution is 0.335. The zero-order valence-corrected chi connectivity index (χ0v) is 11.7. The first-order chi connectivity index (χ1) is 9.35. The fraction of sp³-hybridized carbons (Fsp3) is 0.300. The second kappa shape index (κ2) is 5.49. The van der Waals surface area contributed by atoms with Crippen molar-refractivity contribution in [3.63, 3.8) is 0 Å². The van der Waals surface area contributed by atoms with Crippen molar-refractivity contribution in [2.75, 3.05) is 6.61 Å².